The highest BCUT2D eigenvalue weighted by Crippen LogP contribution is 2.23. The number of rotatable bonds is 5. The molecule has 6 nitrogen and oxygen atoms in total. The van der Waals surface area contributed by atoms with Crippen molar-refractivity contribution >= 4 is 27.2 Å². The van der Waals surface area contributed by atoms with Crippen molar-refractivity contribution in [2.45, 2.75) is 31.1 Å². The molecule has 0 radical (unpaired) electrons. The van der Waals surface area contributed by atoms with Crippen molar-refractivity contribution in [2.24, 2.45) is 5.73 Å². The lowest BCUT2D eigenvalue weighted by Crippen LogP contribution is -2.47. The standard InChI is InChI=1S/C12H23N3O3S2/c1-2-11(12(13)19)20(16,17)15-4-3-10(9-15)14-5-7-18-8-6-14/h10-11H,2-9H2,1H3,(H2,13,19). The summed E-state index contributed by atoms with van der Waals surface area (Å²) >= 11 is 4.90. The minimum Gasteiger partial charge on any atom is -0.392 e. The number of morpholine rings is 1. The van der Waals surface area contributed by atoms with Gasteiger partial charge < -0.3 is 10.5 Å². The van der Waals surface area contributed by atoms with E-state index in [-0.39, 0.29) is 11.0 Å². The Morgan fingerprint density at radius 3 is 2.60 bits per heavy atom. The maximum absolute atomic E-state index is 12.5. The highest BCUT2D eigenvalue weighted by molar-refractivity contribution is 7.92. The number of thiocarbonyl (C=S) groups is 1. The number of sulfonamides is 1. The first kappa shape index (κ1) is 16.1. The van der Waals surface area contributed by atoms with Gasteiger partial charge in [0.25, 0.3) is 0 Å². The largest absolute Gasteiger partial charge is 0.392 e. The summed E-state index contributed by atoms with van der Waals surface area (Å²) in [6, 6.07) is 0.289. The molecule has 8 heteroatoms. The first-order valence-corrected chi connectivity index (χ1v) is 8.98. The van der Waals surface area contributed by atoms with Gasteiger partial charge in [0.15, 0.2) is 0 Å². The molecule has 2 N–H and O–H groups in total. The summed E-state index contributed by atoms with van der Waals surface area (Å²) in [7, 11) is -3.41. The summed E-state index contributed by atoms with van der Waals surface area (Å²) in [6.45, 7) is 6.12. The second kappa shape index (κ2) is 6.65. The minimum atomic E-state index is -3.41. The highest BCUT2D eigenvalue weighted by atomic mass is 32.2. The molecule has 2 fully saturated rings. The number of hydrogen-bond acceptors (Lipinski definition) is 5. The number of hydrogen-bond donors (Lipinski definition) is 1. The van der Waals surface area contributed by atoms with Gasteiger partial charge in [-0.15, -0.1) is 0 Å². The molecular formula is C12H23N3O3S2. The lowest BCUT2D eigenvalue weighted by atomic mass is 10.2. The van der Waals surface area contributed by atoms with E-state index in [1.165, 1.54) is 0 Å². The molecule has 0 bridgehead atoms. The van der Waals surface area contributed by atoms with Gasteiger partial charge in [0, 0.05) is 32.2 Å². The Morgan fingerprint density at radius 2 is 2.05 bits per heavy atom. The average Bonchev–Trinajstić information content (AvgIpc) is 2.90. The Kier molecular flexibility index (Phi) is 5.36. The summed E-state index contributed by atoms with van der Waals surface area (Å²) < 4.78 is 32.0. The van der Waals surface area contributed by atoms with E-state index in [2.05, 4.69) is 4.90 Å². The van der Waals surface area contributed by atoms with E-state index in [9.17, 15) is 8.42 Å². The van der Waals surface area contributed by atoms with E-state index in [1.807, 2.05) is 0 Å². The number of nitrogens with zero attached hydrogens (tertiary/aromatic N) is 2. The van der Waals surface area contributed by atoms with Crippen LogP contribution in [-0.4, -0.2) is 73.3 Å². The highest BCUT2D eigenvalue weighted by Gasteiger charge is 2.39. The van der Waals surface area contributed by atoms with Gasteiger partial charge in [-0.25, -0.2) is 8.42 Å². The van der Waals surface area contributed by atoms with Crippen LogP contribution in [0.15, 0.2) is 0 Å². The van der Waals surface area contributed by atoms with Gasteiger partial charge in [-0.3, -0.25) is 4.90 Å². The van der Waals surface area contributed by atoms with Crippen molar-refractivity contribution in [3.05, 3.63) is 0 Å². The van der Waals surface area contributed by atoms with E-state index in [0.717, 1.165) is 32.7 Å². The van der Waals surface area contributed by atoms with Gasteiger partial charge in [0.05, 0.1) is 18.2 Å². The Morgan fingerprint density at radius 1 is 1.40 bits per heavy atom. The Balaban J connectivity index is 2.02. The van der Waals surface area contributed by atoms with Crippen LogP contribution >= 0.6 is 12.2 Å². The van der Waals surface area contributed by atoms with Gasteiger partial charge in [-0.1, -0.05) is 19.1 Å². The third-order valence-corrected chi connectivity index (χ3v) is 6.89. The van der Waals surface area contributed by atoms with Crippen molar-refractivity contribution in [1.29, 1.82) is 0 Å². The van der Waals surface area contributed by atoms with Crippen LogP contribution in [-0.2, 0) is 14.8 Å². The van der Waals surface area contributed by atoms with Crippen LogP contribution < -0.4 is 5.73 Å². The van der Waals surface area contributed by atoms with Crippen LogP contribution in [0.25, 0.3) is 0 Å². The van der Waals surface area contributed by atoms with E-state index < -0.39 is 15.3 Å². The van der Waals surface area contributed by atoms with Crippen molar-refractivity contribution in [3.8, 4) is 0 Å². The quantitative estimate of drug-likeness (QED) is 0.706. The molecular weight excluding hydrogens is 298 g/mol. The first-order chi connectivity index (χ1) is 9.46. The monoisotopic (exact) mass is 321 g/mol. The van der Waals surface area contributed by atoms with Crippen LogP contribution in [0.5, 0.6) is 0 Å². The molecule has 2 unspecified atom stereocenters. The molecule has 0 aromatic carbocycles. The summed E-state index contributed by atoms with van der Waals surface area (Å²) in [5, 5.41) is -0.735. The molecule has 0 aromatic heterocycles. The molecule has 0 aromatic rings. The molecule has 2 aliphatic heterocycles. The predicted octanol–water partition coefficient (Wildman–Crippen LogP) is -0.213. The smallest absolute Gasteiger partial charge is 0.223 e. The maximum atomic E-state index is 12.5. The lowest BCUT2D eigenvalue weighted by molar-refractivity contribution is 0.0196. The van der Waals surface area contributed by atoms with Gasteiger partial charge in [0.2, 0.25) is 10.0 Å². The van der Waals surface area contributed by atoms with E-state index in [1.54, 1.807) is 11.2 Å². The fourth-order valence-corrected chi connectivity index (χ4v) is 5.27. The van der Waals surface area contributed by atoms with Crippen molar-refractivity contribution in [2.75, 3.05) is 39.4 Å². The lowest BCUT2D eigenvalue weighted by Gasteiger charge is -2.32. The molecule has 116 valence electrons. The average molecular weight is 321 g/mol. The second-order valence-electron chi connectivity index (χ2n) is 5.29. The second-order valence-corrected chi connectivity index (χ2v) is 7.88. The maximum Gasteiger partial charge on any atom is 0.223 e. The molecule has 2 atom stereocenters. The molecule has 0 spiro atoms. The summed E-state index contributed by atoms with van der Waals surface area (Å²) in [5.41, 5.74) is 5.58. The Bertz CT molecular complexity index is 449. The van der Waals surface area contributed by atoms with Gasteiger partial charge in [0.1, 0.15) is 5.25 Å². The zero-order chi connectivity index (χ0) is 14.8. The Labute approximate surface area is 126 Å². The summed E-state index contributed by atoms with van der Waals surface area (Å²) in [5.74, 6) is 0. The molecule has 20 heavy (non-hydrogen) atoms. The van der Waals surface area contributed by atoms with Crippen molar-refractivity contribution in [3.63, 3.8) is 0 Å². The first-order valence-electron chi connectivity index (χ1n) is 7.07. The van der Waals surface area contributed by atoms with E-state index >= 15 is 0 Å². The SMILES string of the molecule is CCC(C(N)=S)S(=O)(=O)N1CCC(N2CCOCC2)C1. The summed E-state index contributed by atoms with van der Waals surface area (Å²) in [4.78, 5) is 2.39. The summed E-state index contributed by atoms with van der Waals surface area (Å²) in [6.07, 6.45) is 1.30. The van der Waals surface area contributed by atoms with Gasteiger partial charge in [-0.2, -0.15) is 4.31 Å². The van der Waals surface area contributed by atoms with E-state index in [0.29, 0.717) is 19.5 Å². The fraction of sp³-hybridized carbons (Fsp3) is 0.917. The molecule has 2 aliphatic rings. The normalized spacial score (nSPS) is 27.6. The number of ether oxygens (including phenoxy) is 1. The fourth-order valence-electron chi connectivity index (χ4n) is 2.92. The minimum absolute atomic E-state index is 0.0716. The van der Waals surface area contributed by atoms with Crippen LogP contribution in [0, 0.1) is 0 Å². The Hall–Kier alpha value is -0.280. The predicted molar refractivity (Wildman–Crippen MR) is 82.2 cm³/mol. The third-order valence-electron chi connectivity index (χ3n) is 4.10. The third kappa shape index (κ3) is 3.30. The zero-order valence-corrected chi connectivity index (χ0v) is 13.5. The van der Waals surface area contributed by atoms with E-state index in [4.69, 9.17) is 22.7 Å². The molecule has 0 aliphatic carbocycles. The van der Waals surface area contributed by atoms with Crippen LogP contribution in [0.1, 0.15) is 19.8 Å². The number of nitrogens with two attached hydrogens (primary N) is 1. The van der Waals surface area contributed by atoms with Crippen LogP contribution in [0.2, 0.25) is 0 Å². The zero-order valence-electron chi connectivity index (χ0n) is 11.8. The molecule has 0 amide bonds. The topological polar surface area (TPSA) is 75.9 Å². The van der Waals surface area contributed by atoms with Crippen LogP contribution in [0.3, 0.4) is 0 Å². The van der Waals surface area contributed by atoms with Crippen LogP contribution in [0.4, 0.5) is 0 Å². The van der Waals surface area contributed by atoms with Gasteiger partial charge in [-0.05, 0) is 12.8 Å². The van der Waals surface area contributed by atoms with Crippen molar-refractivity contribution < 1.29 is 13.2 Å². The molecule has 2 saturated heterocycles. The van der Waals surface area contributed by atoms with Crippen molar-refractivity contribution in [1.82, 2.24) is 9.21 Å². The molecule has 0 saturated carbocycles. The molecule has 2 rings (SSSR count). The molecule has 2 heterocycles. The van der Waals surface area contributed by atoms with Gasteiger partial charge >= 0.3 is 0 Å².